The van der Waals surface area contributed by atoms with Crippen LogP contribution in [0.2, 0.25) is 0 Å². The molecular formula is C14H18F2O2. The fraction of sp³-hybridized carbons (Fsp3) is 0.500. The summed E-state index contributed by atoms with van der Waals surface area (Å²) < 4.78 is 26.1. The van der Waals surface area contributed by atoms with E-state index in [-0.39, 0.29) is 12.8 Å². The van der Waals surface area contributed by atoms with E-state index in [1.165, 1.54) is 0 Å². The van der Waals surface area contributed by atoms with E-state index in [1.54, 1.807) is 38.1 Å². The predicted octanol–water partition coefficient (Wildman–Crippen LogP) is 3.54. The lowest BCUT2D eigenvalue weighted by Crippen LogP contribution is -2.27. The minimum Gasteiger partial charge on any atom is -0.481 e. The fourth-order valence-corrected chi connectivity index (χ4v) is 1.79. The number of benzene rings is 1. The average Bonchev–Trinajstić information content (AvgIpc) is 2.18. The predicted molar refractivity (Wildman–Crippen MR) is 65.9 cm³/mol. The van der Waals surface area contributed by atoms with Crippen LogP contribution in [0, 0.1) is 5.41 Å². The van der Waals surface area contributed by atoms with Crippen LogP contribution in [0.25, 0.3) is 0 Å². The minimum atomic E-state index is -2.79. The van der Waals surface area contributed by atoms with Crippen LogP contribution in [0.4, 0.5) is 8.78 Å². The van der Waals surface area contributed by atoms with Gasteiger partial charge in [-0.15, -0.1) is 0 Å². The zero-order chi connectivity index (χ0) is 14.0. The molecule has 0 saturated carbocycles. The molecule has 1 rings (SSSR count). The maximum Gasteiger partial charge on any atom is 0.309 e. The molecule has 100 valence electrons. The molecule has 0 fully saturated rings. The van der Waals surface area contributed by atoms with E-state index < -0.39 is 17.3 Å². The maximum absolute atomic E-state index is 13.1. The molecule has 1 aromatic rings. The van der Waals surface area contributed by atoms with Crippen molar-refractivity contribution < 1.29 is 18.7 Å². The second kappa shape index (κ2) is 5.04. The highest BCUT2D eigenvalue weighted by atomic mass is 19.3. The topological polar surface area (TPSA) is 37.3 Å². The molecule has 0 heterocycles. The molecule has 0 unspecified atom stereocenters. The second-order valence-corrected chi connectivity index (χ2v) is 5.38. The standard InChI is InChI=1S/C14H18F2O2/c1-13(2,12(17)18)8-10-6-4-5-7-11(10)9-14(3,15)16/h4-7H,8-9H2,1-3H3,(H,17,18). The van der Waals surface area contributed by atoms with E-state index in [4.69, 9.17) is 5.11 Å². The van der Waals surface area contributed by atoms with Crippen LogP contribution in [-0.2, 0) is 17.6 Å². The highest BCUT2D eigenvalue weighted by Gasteiger charge is 2.30. The molecule has 0 bridgehead atoms. The van der Waals surface area contributed by atoms with Crippen molar-refractivity contribution in [2.45, 2.75) is 39.5 Å². The smallest absolute Gasteiger partial charge is 0.309 e. The van der Waals surface area contributed by atoms with E-state index >= 15 is 0 Å². The summed E-state index contributed by atoms with van der Waals surface area (Å²) in [5.41, 5.74) is 0.227. The number of carboxylic acids is 1. The molecular weight excluding hydrogens is 238 g/mol. The molecule has 0 amide bonds. The van der Waals surface area contributed by atoms with Crippen molar-refractivity contribution in [3.63, 3.8) is 0 Å². The van der Waals surface area contributed by atoms with Crippen molar-refractivity contribution in [1.82, 2.24) is 0 Å². The van der Waals surface area contributed by atoms with Gasteiger partial charge in [0, 0.05) is 6.42 Å². The Morgan fingerprint density at radius 2 is 1.56 bits per heavy atom. The first kappa shape index (κ1) is 14.6. The van der Waals surface area contributed by atoms with E-state index in [0.717, 1.165) is 6.92 Å². The van der Waals surface area contributed by atoms with Gasteiger partial charge in [-0.05, 0) is 38.3 Å². The van der Waals surface area contributed by atoms with Crippen LogP contribution in [0.3, 0.4) is 0 Å². The summed E-state index contributed by atoms with van der Waals surface area (Å²) in [5, 5.41) is 9.08. The van der Waals surface area contributed by atoms with Gasteiger partial charge in [-0.25, -0.2) is 8.78 Å². The molecule has 4 heteroatoms. The molecule has 0 spiro atoms. The quantitative estimate of drug-likeness (QED) is 0.875. The van der Waals surface area contributed by atoms with E-state index in [1.807, 2.05) is 0 Å². The van der Waals surface area contributed by atoms with Gasteiger partial charge in [0.05, 0.1) is 5.41 Å². The first-order chi connectivity index (χ1) is 8.12. The van der Waals surface area contributed by atoms with E-state index in [0.29, 0.717) is 11.1 Å². The Labute approximate surface area is 106 Å². The van der Waals surface area contributed by atoms with Crippen molar-refractivity contribution in [3.8, 4) is 0 Å². The zero-order valence-corrected chi connectivity index (χ0v) is 10.8. The van der Waals surface area contributed by atoms with Crippen LogP contribution >= 0.6 is 0 Å². The van der Waals surface area contributed by atoms with Crippen molar-refractivity contribution in [3.05, 3.63) is 35.4 Å². The van der Waals surface area contributed by atoms with Gasteiger partial charge in [-0.1, -0.05) is 24.3 Å². The fourth-order valence-electron chi connectivity index (χ4n) is 1.79. The molecule has 0 saturated heterocycles. The molecule has 0 radical (unpaired) electrons. The summed E-state index contributed by atoms with van der Waals surface area (Å²) in [4.78, 5) is 11.1. The lowest BCUT2D eigenvalue weighted by Gasteiger charge is -2.22. The summed E-state index contributed by atoms with van der Waals surface area (Å²) in [5.74, 6) is -3.72. The molecule has 2 nitrogen and oxygen atoms in total. The van der Waals surface area contributed by atoms with Gasteiger partial charge in [-0.2, -0.15) is 0 Å². The molecule has 18 heavy (non-hydrogen) atoms. The summed E-state index contributed by atoms with van der Waals surface area (Å²) in [6.45, 7) is 4.05. The minimum absolute atomic E-state index is 0.245. The highest BCUT2D eigenvalue weighted by Crippen LogP contribution is 2.27. The average molecular weight is 256 g/mol. The molecule has 0 aliphatic carbocycles. The number of carboxylic acid groups (broad SMARTS) is 1. The van der Waals surface area contributed by atoms with Crippen molar-refractivity contribution in [2.75, 3.05) is 0 Å². The number of aliphatic carboxylic acids is 1. The van der Waals surface area contributed by atoms with Crippen LogP contribution in [0.15, 0.2) is 24.3 Å². The summed E-state index contributed by atoms with van der Waals surface area (Å²) in [6.07, 6.45) is -0.118. The lowest BCUT2D eigenvalue weighted by molar-refractivity contribution is -0.146. The Kier molecular flexibility index (Phi) is 4.09. The molecule has 0 atom stereocenters. The summed E-state index contributed by atoms with van der Waals surface area (Å²) in [6, 6.07) is 6.78. The van der Waals surface area contributed by atoms with Gasteiger partial charge < -0.3 is 5.11 Å². The summed E-state index contributed by atoms with van der Waals surface area (Å²) >= 11 is 0. The number of hydrogen-bond donors (Lipinski definition) is 1. The monoisotopic (exact) mass is 256 g/mol. The number of halogens is 2. The first-order valence-electron chi connectivity index (χ1n) is 5.80. The highest BCUT2D eigenvalue weighted by molar-refractivity contribution is 5.74. The number of alkyl halides is 2. The van der Waals surface area contributed by atoms with Crippen molar-refractivity contribution in [1.29, 1.82) is 0 Å². The Hall–Kier alpha value is -1.45. The number of rotatable bonds is 5. The molecule has 0 aliphatic heterocycles. The van der Waals surface area contributed by atoms with Crippen molar-refractivity contribution in [2.24, 2.45) is 5.41 Å². The SMILES string of the molecule is CC(F)(F)Cc1ccccc1CC(C)(C)C(=O)O. The second-order valence-electron chi connectivity index (χ2n) is 5.38. The van der Waals surface area contributed by atoms with Gasteiger partial charge >= 0.3 is 5.97 Å². The molecule has 1 aromatic carbocycles. The first-order valence-corrected chi connectivity index (χ1v) is 5.80. The van der Waals surface area contributed by atoms with E-state index in [9.17, 15) is 13.6 Å². The zero-order valence-electron chi connectivity index (χ0n) is 10.8. The van der Waals surface area contributed by atoms with Gasteiger partial charge in [0.25, 0.3) is 0 Å². The van der Waals surface area contributed by atoms with Crippen LogP contribution in [0.1, 0.15) is 31.9 Å². The number of hydrogen-bond acceptors (Lipinski definition) is 1. The van der Waals surface area contributed by atoms with Gasteiger partial charge in [0.2, 0.25) is 5.92 Å². The van der Waals surface area contributed by atoms with Crippen LogP contribution in [0.5, 0.6) is 0 Å². The Bertz CT molecular complexity index is 434. The van der Waals surface area contributed by atoms with Crippen molar-refractivity contribution >= 4 is 5.97 Å². The van der Waals surface area contributed by atoms with Crippen LogP contribution in [-0.4, -0.2) is 17.0 Å². The molecule has 1 N–H and O–H groups in total. The van der Waals surface area contributed by atoms with Gasteiger partial charge in [0.1, 0.15) is 0 Å². The molecule has 0 aliphatic rings. The van der Waals surface area contributed by atoms with Gasteiger partial charge in [-0.3, -0.25) is 4.79 Å². The normalized spacial score (nSPS) is 12.5. The third-order valence-electron chi connectivity index (χ3n) is 2.83. The third-order valence-corrected chi connectivity index (χ3v) is 2.83. The van der Waals surface area contributed by atoms with Gasteiger partial charge in [0.15, 0.2) is 0 Å². The summed E-state index contributed by atoms with van der Waals surface area (Å²) in [7, 11) is 0. The van der Waals surface area contributed by atoms with Crippen LogP contribution < -0.4 is 0 Å². The van der Waals surface area contributed by atoms with E-state index in [2.05, 4.69) is 0 Å². The molecule has 0 aromatic heterocycles. The maximum atomic E-state index is 13.1. The third kappa shape index (κ3) is 4.09. The Morgan fingerprint density at radius 3 is 1.94 bits per heavy atom. The Morgan fingerprint density at radius 1 is 1.11 bits per heavy atom. The number of carbonyl (C=O) groups is 1. The lowest BCUT2D eigenvalue weighted by atomic mass is 9.83. The Balaban J connectivity index is 3.00. The largest absolute Gasteiger partial charge is 0.481 e.